The minimum Gasteiger partial charge on any atom is -0.341 e. The average molecular weight is 395 g/mol. The highest BCUT2D eigenvalue weighted by atomic mass is 32.2. The summed E-state index contributed by atoms with van der Waals surface area (Å²) in [6, 6.07) is 9.49. The summed E-state index contributed by atoms with van der Waals surface area (Å²) in [4.78, 5) is 14.3. The van der Waals surface area contributed by atoms with Gasteiger partial charge >= 0.3 is 0 Å². The average Bonchev–Trinajstić information content (AvgIpc) is 3.16. The van der Waals surface area contributed by atoms with Crippen molar-refractivity contribution in [3.63, 3.8) is 0 Å². The molecule has 1 fully saturated rings. The molecule has 0 bridgehead atoms. The second kappa shape index (κ2) is 7.40. The number of aryl methyl sites for hydroxylation is 1. The summed E-state index contributed by atoms with van der Waals surface area (Å²) < 4.78 is 25.2. The van der Waals surface area contributed by atoms with E-state index in [-0.39, 0.29) is 23.5 Å². The van der Waals surface area contributed by atoms with Crippen molar-refractivity contribution in [2.45, 2.75) is 36.7 Å². The van der Waals surface area contributed by atoms with Crippen molar-refractivity contribution in [3.05, 3.63) is 36.2 Å². The summed E-state index contributed by atoms with van der Waals surface area (Å²) in [5.74, 6) is 0.843. The topological polar surface area (TPSA) is 85.2 Å². The molecule has 0 spiro atoms. The lowest BCUT2D eigenvalue weighted by atomic mass is 10.2. The van der Waals surface area contributed by atoms with Crippen LogP contribution in [0.1, 0.15) is 19.2 Å². The van der Waals surface area contributed by atoms with E-state index in [1.54, 1.807) is 11.9 Å². The molecule has 26 heavy (non-hydrogen) atoms. The van der Waals surface area contributed by atoms with Crippen LogP contribution in [0.5, 0.6) is 0 Å². The Morgan fingerprint density at radius 2 is 2.00 bits per heavy atom. The molecule has 1 aliphatic heterocycles. The Kier molecular flexibility index (Phi) is 5.38. The Morgan fingerprint density at radius 3 is 2.62 bits per heavy atom. The number of benzene rings is 1. The van der Waals surface area contributed by atoms with Crippen LogP contribution in [-0.4, -0.2) is 63.8 Å². The summed E-state index contributed by atoms with van der Waals surface area (Å²) in [5.41, 5.74) is 0.937. The van der Waals surface area contributed by atoms with Crippen LogP contribution in [0.4, 0.5) is 0 Å². The van der Waals surface area contributed by atoms with Crippen LogP contribution in [0.25, 0.3) is 5.69 Å². The summed E-state index contributed by atoms with van der Waals surface area (Å²) in [6.07, 6.45) is 0.501. The van der Waals surface area contributed by atoms with Gasteiger partial charge in [-0.15, -0.1) is 10.2 Å². The van der Waals surface area contributed by atoms with Crippen LogP contribution in [0.2, 0.25) is 0 Å². The predicted molar refractivity (Wildman–Crippen MR) is 101 cm³/mol. The highest BCUT2D eigenvalue weighted by Crippen LogP contribution is 2.27. The Labute approximate surface area is 157 Å². The number of thioether (sulfide) groups is 1. The number of sulfone groups is 1. The molecule has 1 aliphatic rings. The van der Waals surface area contributed by atoms with E-state index in [4.69, 9.17) is 0 Å². The van der Waals surface area contributed by atoms with Crippen molar-refractivity contribution in [1.29, 1.82) is 0 Å². The van der Waals surface area contributed by atoms with Gasteiger partial charge in [0.2, 0.25) is 5.91 Å². The summed E-state index contributed by atoms with van der Waals surface area (Å²) in [5, 5.41) is 8.58. The smallest absolute Gasteiger partial charge is 0.235 e. The molecule has 7 nitrogen and oxygen atoms in total. The van der Waals surface area contributed by atoms with E-state index in [0.717, 1.165) is 11.5 Å². The van der Waals surface area contributed by atoms with Crippen LogP contribution in [0.3, 0.4) is 0 Å². The standard InChI is InChI=1S/C17H22N4O3S2/c1-12(16(22)20(3)15-9-10-26(23,24)11-15)25-17-19-18-13(2)21(17)14-7-5-4-6-8-14/h4-8,12,15H,9-11H2,1-3H3/t12-,15+/m0/s1. The quantitative estimate of drug-likeness (QED) is 0.718. The molecule has 2 aromatic rings. The van der Waals surface area contributed by atoms with Gasteiger partial charge in [-0.1, -0.05) is 30.0 Å². The SMILES string of the molecule is Cc1nnc(S[C@@H](C)C(=O)N(C)[C@@H]2CCS(=O)(=O)C2)n1-c1ccccc1. The molecule has 140 valence electrons. The van der Waals surface area contributed by atoms with Crippen molar-refractivity contribution in [1.82, 2.24) is 19.7 Å². The van der Waals surface area contributed by atoms with E-state index in [0.29, 0.717) is 11.6 Å². The molecule has 0 aliphatic carbocycles. The first-order valence-electron chi connectivity index (χ1n) is 8.39. The molecule has 0 radical (unpaired) electrons. The lowest BCUT2D eigenvalue weighted by molar-refractivity contribution is -0.130. The monoisotopic (exact) mass is 394 g/mol. The highest BCUT2D eigenvalue weighted by molar-refractivity contribution is 8.00. The Hall–Kier alpha value is -1.87. The van der Waals surface area contributed by atoms with Gasteiger partial charge in [0.15, 0.2) is 15.0 Å². The van der Waals surface area contributed by atoms with Crippen LogP contribution in [0.15, 0.2) is 35.5 Å². The molecule has 0 unspecified atom stereocenters. The fourth-order valence-corrected chi connectivity index (χ4v) is 5.84. The summed E-state index contributed by atoms with van der Waals surface area (Å²) in [6.45, 7) is 3.68. The Balaban J connectivity index is 1.74. The molecule has 0 saturated carbocycles. The van der Waals surface area contributed by atoms with Gasteiger partial charge in [-0.25, -0.2) is 8.42 Å². The van der Waals surface area contributed by atoms with E-state index in [1.165, 1.54) is 11.8 Å². The normalized spacial score (nSPS) is 20.0. The van der Waals surface area contributed by atoms with E-state index < -0.39 is 15.1 Å². The lowest BCUT2D eigenvalue weighted by Gasteiger charge is -2.26. The third kappa shape index (κ3) is 3.93. The van der Waals surface area contributed by atoms with Crippen LogP contribution in [-0.2, 0) is 14.6 Å². The maximum Gasteiger partial charge on any atom is 0.235 e. The van der Waals surface area contributed by atoms with Crippen LogP contribution in [0, 0.1) is 6.92 Å². The van der Waals surface area contributed by atoms with Crippen molar-refractivity contribution >= 4 is 27.5 Å². The number of amides is 1. The number of nitrogens with zero attached hydrogens (tertiary/aromatic N) is 4. The molecule has 9 heteroatoms. The van der Waals surface area contributed by atoms with Crippen LogP contribution < -0.4 is 0 Å². The number of carbonyl (C=O) groups excluding carboxylic acids is 1. The van der Waals surface area contributed by atoms with Gasteiger partial charge in [0.25, 0.3) is 0 Å². The minimum atomic E-state index is -3.03. The second-order valence-electron chi connectivity index (χ2n) is 6.47. The number of aromatic nitrogens is 3. The zero-order chi connectivity index (χ0) is 18.9. The van der Waals surface area contributed by atoms with E-state index in [9.17, 15) is 13.2 Å². The van der Waals surface area contributed by atoms with Gasteiger partial charge in [-0.05, 0) is 32.4 Å². The summed E-state index contributed by atoms with van der Waals surface area (Å²) >= 11 is 1.33. The fourth-order valence-electron chi connectivity index (χ4n) is 3.05. The molecular weight excluding hydrogens is 372 g/mol. The van der Waals surface area contributed by atoms with Crippen LogP contribution >= 0.6 is 11.8 Å². The van der Waals surface area contributed by atoms with E-state index in [2.05, 4.69) is 10.2 Å². The van der Waals surface area contributed by atoms with E-state index >= 15 is 0 Å². The molecule has 2 atom stereocenters. The third-order valence-electron chi connectivity index (χ3n) is 4.54. The lowest BCUT2D eigenvalue weighted by Crippen LogP contribution is -2.41. The second-order valence-corrected chi connectivity index (χ2v) is 10.0. The fraction of sp³-hybridized carbons (Fsp3) is 0.471. The van der Waals surface area contributed by atoms with Crippen molar-refractivity contribution in [2.24, 2.45) is 0 Å². The van der Waals surface area contributed by atoms with Crippen molar-refractivity contribution < 1.29 is 13.2 Å². The van der Waals surface area contributed by atoms with Gasteiger partial charge in [0.1, 0.15) is 5.82 Å². The first kappa shape index (κ1) is 18.9. The predicted octanol–water partition coefficient (Wildman–Crippen LogP) is 1.70. The third-order valence-corrected chi connectivity index (χ3v) is 7.32. The Bertz CT molecular complexity index is 896. The largest absolute Gasteiger partial charge is 0.341 e. The molecule has 1 saturated heterocycles. The number of para-hydroxylation sites is 1. The number of carbonyl (C=O) groups is 1. The maximum absolute atomic E-state index is 12.8. The molecule has 1 aromatic carbocycles. The molecule has 3 rings (SSSR count). The molecular formula is C17H22N4O3S2. The number of rotatable bonds is 5. The molecule has 2 heterocycles. The number of hydrogen-bond donors (Lipinski definition) is 0. The van der Waals surface area contributed by atoms with Gasteiger partial charge in [0, 0.05) is 18.8 Å². The van der Waals surface area contributed by atoms with Gasteiger partial charge in [-0.2, -0.15) is 0 Å². The first-order chi connectivity index (χ1) is 12.3. The molecule has 0 N–H and O–H groups in total. The molecule has 1 amide bonds. The van der Waals surface area contributed by atoms with Gasteiger partial charge in [-0.3, -0.25) is 9.36 Å². The van der Waals surface area contributed by atoms with Gasteiger partial charge in [0.05, 0.1) is 16.8 Å². The van der Waals surface area contributed by atoms with Crippen molar-refractivity contribution in [2.75, 3.05) is 18.6 Å². The highest BCUT2D eigenvalue weighted by Gasteiger charge is 2.34. The molecule has 1 aromatic heterocycles. The summed E-state index contributed by atoms with van der Waals surface area (Å²) in [7, 11) is -1.35. The van der Waals surface area contributed by atoms with Gasteiger partial charge < -0.3 is 4.90 Å². The van der Waals surface area contributed by atoms with Crippen molar-refractivity contribution in [3.8, 4) is 5.69 Å². The zero-order valence-corrected chi connectivity index (χ0v) is 16.6. The maximum atomic E-state index is 12.8. The first-order valence-corrected chi connectivity index (χ1v) is 11.1. The zero-order valence-electron chi connectivity index (χ0n) is 15.0. The van der Waals surface area contributed by atoms with E-state index in [1.807, 2.05) is 48.7 Å². The number of hydrogen-bond acceptors (Lipinski definition) is 6. The Morgan fingerprint density at radius 1 is 1.31 bits per heavy atom. The minimum absolute atomic E-state index is 0.0476.